The van der Waals surface area contributed by atoms with Gasteiger partial charge >= 0.3 is 0 Å². The highest BCUT2D eigenvalue weighted by atomic mass is 19.1. The summed E-state index contributed by atoms with van der Waals surface area (Å²) in [6.45, 7) is 2.73. The average Bonchev–Trinajstić information content (AvgIpc) is 3.59. The van der Waals surface area contributed by atoms with Crippen molar-refractivity contribution in [3.8, 4) is 11.5 Å². The Hall–Kier alpha value is -2.61. The molecule has 1 aliphatic heterocycles. The monoisotopic (exact) mass is 395 g/mol. The third-order valence-electron chi connectivity index (χ3n) is 6.64. The molecule has 6 rings (SSSR count). The smallest absolute Gasteiger partial charge is 0.247 e. The molecule has 3 heterocycles. The maximum atomic E-state index is 13.4. The second kappa shape index (κ2) is 6.45. The number of hydrogen-bond acceptors (Lipinski definition) is 7. The molecule has 0 amide bonds. The number of piperidine rings is 1. The van der Waals surface area contributed by atoms with Gasteiger partial charge in [0.25, 0.3) is 0 Å². The second-order valence-corrected chi connectivity index (χ2v) is 8.67. The Morgan fingerprint density at radius 3 is 2.83 bits per heavy atom. The maximum Gasteiger partial charge on any atom is 0.247 e. The minimum Gasteiger partial charge on any atom is -0.420 e. The molecule has 0 N–H and O–H groups in total. The zero-order valence-corrected chi connectivity index (χ0v) is 16.1. The molecular formula is C21H22FN5O2. The van der Waals surface area contributed by atoms with Gasteiger partial charge in [0, 0.05) is 17.4 Å². The number of benzene rings is 1. The summed E-state index contributed by atoms with van der Waals surface area (Å²) in [5, 5.41) is 12.5. The van der Waals surface area contributed by atoms with Crippen LogP contribution in [0.25, 0.3) is 11.5 Å². The van der Waals surface area contributed by atoms with E-state index in [0.29, 0.717) is 29.2 Å². The van der Waals surface area contributed by atoms with Gasteiger partial charge in [-0.15, -0.1) is 10.2 Å². The van der Waals surface area contributed by atoms with Gasteiger partial charge in [0.15, 0.2) is 5.82 Å². The number of nitrogens with zero attached hydrogens (tertiary/aromatic N) is 5. The lowest BCUT2D eigenvalue weighted by atomic mass is 9.91. The zero-order chi connectivity index (χ0) is 19.4. The average molecular weight is 395 g/mol. The van der Waals surface area contributed by atoms with E-state index in [-0.39, 0.29) is 11.2 Å². The number of halogens is 1. The molecule has 1 aromatic carbocycles. The first-order chi connectivity index (χ1) is 14.2. The molecule has 3 aromatic rings. The summed E-state index contributed by atoms with van der Waals surface area (Å²) < 4.78 is 24.8. The van der Waals surface area contributed by atoms with Crippen LogP contribution >= 0.6 is 0 Å². The van der Waals surface area contributed by atoms with Gasteiger partial charge in [0.1, 0.15) is 5.82 Å². The Morgan fingerprint density at radius 1 is 1.17 bits per heavy atom. The van der Waals surface area contributed by atoms with E-state index < -0.39 is 0 Å². The van der Waals surface area contributed by atoms with Crippen molar-refractivity contribution in [3.05, 3.63) is 47.7 Å². The molecule has 2 aliphatic carbocycles. The number of rotatable bonds is 5. The van der Waals surface area contributed by atoms with Crippen LogP contribution in [0.1, 0.15) is 61.5 Å². The van der Waals surface area contributed by atoms with Gasteiger partial charge in [-0.3, -0.25) is 4.90 Å². The lowest BCUT2D eigenvalue weighted by molar-refractivity contribution is 0.144. The van der Waals surface area contributed by atoms with E-state index in [1.165, 1.54) is 25.0 Å². The van der Waals surface area contributed by atoms with Crippen LogP contribution in [-0.2, 0) is 6.54 Å². The van der Waals surface area contributed by atoms with E-state index in [1.54, 1.807) is 12.1 Å². The molecule has 1 spiro atoms. The van der Waals surface area contributed by atoms with Crippen molar-refractivity contribution >= 4 is 0 Å². The molecule has 0 radical (unpaired) electrons. The third-order valence-corrected chi connectivity index (χ3v) is 6.64. The molecule has 0 unspecified atom stereocenters. The van der Waals surface area contributed by atoms with Crippen LogP contribution in [0.15, 0.2) is 33.2 Å². The summed E-state index contributed by atoms with van der Waals surface area (Å²) in [6.07, 6.45) is 5.64. The van der Waals surface area contributed by atoms with Crippen molar-refractivity contribution in [1.29, 1.82) is 0 Å². The molecule has 2 aromatic heterocycles. The Balaban J connectivity index is 1.08. The van der Waals surface area contributed by atoms with Crippen molar-refractivity contribution in [2.75, 3.05) is 13.1 Å². The van der Waals surface area contributed by atoms with Crippen LogP contribution in [0.3, 0.4) is 0 Å². The van der Waals surface area contributed by atoms with Crippen molar-refractivity contribution in [2.24, 2.45) is 5.41 Å². The van der Waals surface area contributed by atoms with E-state index in [9.17, 15) is 4.39 Å². The van der Waals surface area contributed by atoms with E-state index in [4.69, 9.17) is 8.94 Å². The summed E-state index contributed by atoms with van der Waals surface area (Å²) in [6, 6.07) is 6.27. The Kier molecular flexibility index (Phi) is 3.84. The minimum absolute atomic E-state index is 0.260. The normalized spacial score (nSPS) is 23.6. The number of aromatic nitrogens is 4. The topological polar surface area (TPSA) is 81.1 Å². The van der Waals surface area contributed by atoms with Crippen LogP contribution in [-0.4, -0.2) is 38.3 Å². The highest BCUT2D eigenvalue weighted by Gasteiger charge is 2.58. The van der Waals surface area contributed by atoms with Crippen LogP contribution < -0.4 is 0 Å². The summed E-state index contributed by atoms with van der Waals surface area (Å²) in [5.74, 6) is 3.21. The first-order valence-corrected chi connectivity index (χ1v) is 10.3. The molecule has 8 heteroatoms. The molecule has 1 saturated heterocycles. The van der Waals surface area contributed by atoms with Crippen molar-refractivity contribution in [3.63, 3.8) is 0 Å². The summed E-state index contributed by atoms with van der Waals surface area (Å²) >= 11 is 0. The fraction of sp³-hybridized carbons (Fsp3) is 0.524. The molecule has 1 atom stereocenters. The molecule has 3 fully saturated rings. The molecular weight excluding hydrogens is 373 g/mol. The molecule has 7 nitrogen and oxygen atoms in total. The van der Waals surface area contributed by atoms with Crippen LogP contribution in [0.5, 0.6) is 0 Å². The first kappa shape index (κ1) is 17.3. The lowest BCUT2D eigenvalue weighted by Crippen LogP contribution is -2.34. The maximum absolute atomic E-state index is 13.4. The van der Waals surface area contributed by atoms with Gasteiger partial charge in [-0.2, -0.15) is 4.98 Å². The van der Waals surface area contributed by atoms with Gasteiger partial charge in [-0.25, -0.2) is 4.39 Å². The van der Waals surface area contributed by atoms with E-state index in [1.807, 2.05) is 0 Å². The third kappa shape index (κ3) is 3.25. The van der Waals surface area contributed by atoms with E-state index >= 15 is 0 Å². The van der Waals surface area contributed by atoms with Gasteiger partial charge in [0.05, 0.1) is 6.54 Å². The standard InChI is InChI=1S/C21H22FN5O2/c22-15-3-1-2-14(10-15)19-24-25-20(28-19)16-11-21(16)6-8-27(9-7-21)12-17-23-18(26-29-17)13-4-5-13/h1-3,10,13,16H,4-9,11-12H2/t16-/m0/s1. The largest absolute Gasteiger partial charge is 0.420 e. The van der Waals surface area contributed by atoms with E-state index in [2.05, 4.69) is 25.2 Å². The van der Waals surface area contributed by atoms with Crippen LogP contribution in [0.2, 0.25) is 0 Å². The van der Waals surface area contributed by atoms with Gasteiger partial charge in [-0.1, -0.05) is 11.2 Å². The second-order valence-electron chi connectivity index (χ2n) is 8.67. The Morgan fingerprint density at radius 2 is 2.03 bits per heavy atom. The van der Waals surface area contributed by atoms with Gasteiger partial charge in [-0.05, 0) is 68.8 Å². The minimum atomic E-state index is -0.303. The highest BCUT2D eigenvalue weighted by molar-refractivity contribution is 5.52. The summed E-state index contributed by atoms with van der Waals surface area (Å²) in [5.41, 5.74) is 0.884. The lowest BCUT2D eigenvalue weighted by Gasteiger charge is -2.31. The van der Waals surface area contributed by atoms with Crippen molar-refractivity contribution < 1.29 is 13.3 Å². The van der Waals surface area contributed by atoms with Gasteiger partial charge < -0.3 is 8.94 Å². The molecule has 29 heavy (non-hydrogen) atoms. The zero-order valence-electron chi connectivity index (χ0n) is 16.1. The molecule has 0 bridgehead atoms. The van der Waals surface area contributed by atoms with Crippen LogP contribution in [0, 0.1) is 11.2 Å². The summed E-state index contributed by atoms with van der Waals surface area (Å²) in [4.78, 5) is 6.92. The summed E-state index contributed by atoms with van der Waals surface area (Å²) in [7, 11) is 0. The predicted molar refractivity (Wildman–Crippen MR) is 100 cm³/mol. The quantitative estimate of drug-likeness (QED) is 0.648. The predicted octanol–water partition coefficient (Wildman–Crippen LogP) is 3.91. The Bertz CT molecular complexity index is 1040. The number of likely N-dealkylation sites (tertiary alicyclic amines) is 1. The Labute approximate surface area is 167 Å². The van der Waals surface area contributed by atoms with Crippen molar-refractivity contribution in [1.82, 2.24) is 25.2 Å². The van der Waals surface area contributed by atoms with E-state index in [0.717, 1.165) is 50.6 Å². The fourth-order valence-electron chi connectivity index (χ4n) is 4.55. The van der Waals surface area contributed by atoms with Crippen LogP contribution in [0.4, 0.5) is 4.39 Å². The molecule has 150 valence electrons. The molecule has 2 saturated carbocycles. The fourth-order valence-corrected chi connectivity index (χ4v) is 4.55. The highest BCUT2D eigenvalue weighted by Crippen LogP contribution is 2.64. The van der Waals surface area contributed by atoms with Gasteiger partial charge in [0.2, 0.25) is 17.7 Å². The molecule has 3 aliphatic rings. The first-order valence-electron chi connectivity index (χ1n) is 10.3. The van der Waals surface area contributed by atoms with Crippen molar-refractivity contribution in [2.45, 2.75) is 50.5 Å². The SMILES string of the molecule is Fc1cccc(-c2nnc([C@@H]3CC34CCN(Cc3nc(C5CC5)no3)CC4)o2)c1. The number of hydrogen-bond donors (Lipinski definition) is 0.